The number of hydrogen-bond acceptors (Lipinski definition) is 5. The van der Waals surface area contributed by atoms with E-state index in [2.05, 4.69) is 10.0 Å². The van der Waals surface area contributed by atoms with Gasteiger partial charge in [0.2, 0.25) is 0 Å². The molecule has 0 bridgehead atoms. The Morgan fingerprint density at radius 2 is 1.74 bits per heavy atom. The van der Waals surface area contributed by atoms with Crippen LogP contribution in [0.4, 0.5) is 5.69 Å². The number of carbonyl (C=O) groups is 1. The molecule has 1 aromatic heterocycles. The van der Waals surface area contributed by atoms with Crippen LogP contribution in [0.2, 0.25) is 0 Å². The summed E-state index contributed by atoms with van der Waals surface area (Å²) in [6.07, 6.45) is 3.12. The molecule has 1 amide bonds. The summed E-state index contributed by atoms with van der Waals surface area (Å²) in [6.45, 7) is 0.373. The summed E-state index contributed by atoms with van der Waals surface area (Å²) in [5.74, 6) is 0.510. The number of amides is 1. The van der Waals surface area contributed by atoms with Crippen LogP contribution in [0.5, 0.6) is 0 Å². The van der Waals surface area contributed by atoms with Crippen molar-refractivity contribution in [3.05, 3.63) is 95.3 Å². The second-order valence-corrected chi connectivity index (χ2v) is 8.71. The van der Waals surface area contributed by atoms with Gasteiger partial charge < -0.3 is 9.73 Å². The standard InChI is InChI=1S/C23H25N3O4S/c1-26(2)21(22-9-6-15-30-22)17-24-23(27)19-10-12-20(13-11-19)25-31(28,29)16-14-18-7-4-3-5-8-18/h3-16,21,25H,17H2,1-2H3,(H,24,27)/b16-14+. The van der Waals surface area contributed by atoms with Crippen LogP contribution in [0, 0.1) is 0 Å². The van der Waals surface area contributed by atoms with Gasteiger partial charge in [0.05, 0.1) is 17.7 Å². The van der Waals surface area contributed by atoms with Gasteiger partial charge in [0.25, 0.3) is 15.9 Å². The Hall–Kier alpha value is -3.36. The smallest absolute Gasteiger partial charge is 0.255 e. The van der Waals surface area contributed by atoms with Gasteiger partial charge in [0, 0.05) is 17.8 Å². The minimum Gasteiger partial charge on any atom is -0.468 e. The Morgan fingerprint density at radius 1 is 1.03 bits per heavy atom. The number of rotatable bonds is 9. The Bertz CT molecular complexity index is 1110. The molecule has 0 aliphatic heterocycles. The summed E-state index contributed by atoms with van der Waals surface area (Å²) >= 11 is 0. The third kappa shape index (κ3) is 6.56. The zero-order chi connectivity index (χ0) is 22.3. The fourth-order valence-corrected chi connectivity index (χ4v) is 3.80. The van der Waals surface area contributed by atoms with E-state index in [0.717, 1.165) is 16.7 Å². The van der Waals surface area contributed by atoms with Crippen LogP contribution in [0.15, 0.2) is 82.8 Å². The molecule has 1 atom stereocenters. The molecule has 0 fully saturated rings. The van der Waals surface area contributed by atoms with E-state index in [1.165, 1.54) is 6.08 Å². The van der Waals surface area contributed by atoms with Gasteiger partial charge in [-0.05, 0) is 62.1 Å². The molecule has 0 radical (unpaired) electrons. The van der Waals surface area contributed by atoms with Crippen LogP contribution in [-0.4, -0.2) is 39.9 Å². The molecule has 1 heterocycles. The zero-order valence-electron chi connectivity index (χ0n) is 17.4. The lowest BCUT2D eigenvalue weighted by atomic mass is 10.1. The van der Waals surface area contributed by atoms with Crippen molar-refractivity contribution in [2.45, 2.75) is 6.04 Å². The molecule has 0 aliphatic rings. The highest BCUT2D eigenvalue weighted by molar-refractivity contribution is 7.95. The van der Waals surface area contributed by atoms with E-state index >= 15 is 0 Å². The molecule has 7 nitrogen and oxygen atoms in total. The fraction of sp³-hybridized carbons (Fsp3) is 0.174. The Balaban J connectivity index is 1.59. The van der Waals surface area contributed by atoms with E-state index in [1.54, 1.807) is 30.5 Å². The number of furan rings is 1. The van der Waals surface area contributed by atoms with Crippen LogP contribution in [-0.2, 0) is 10.0 Å². The summed E-state index contributed by atoms with van der Waals surface area (Å²) in [7, 11) is 0.149. The molecular weight excluding hydrogens is 414 g/mol. The molecule has 8 heteroatoms. The number of sulfonamides is 1. The SMILES string of the molecule is CN(C)C(CNC(=O)c1ccc(NS(=O)(=O)/C=C/c2ccccc2)cc1)c1ccco1. The predicted molar refractivity (Wildman–Crippen MR) is 122 cm³/mol. The van der Waals surface area contributed by atoms with E-state index in [-0.39, 0.29) is 11.9 Å². The summed E-state index contributed by atoms with van der Waals surface area (Å²) < 4.78 is 32.4. The molecule has 2 aromatic carbocycles. The predicted octanol–water partition coefficient (Wildman–Crippen LogP) is 3.72. The normalized spacial score (nSPS) is 12.7. The molecule has 3 aromatic rings. The summed E-state index contributed by atoms with van der Waals surface area (Å²) in [6, 6.07) is 19.0. The first kappa shape index (κ1) is 22.3. The summed E-state index contributed by atoms with van der Waals surface area (Å²) in [5, 5.41) is 3.99. The van der Waals surface area contributed by atoms with Crippen LogP contribution in [0.1, 0.15) is 27.7 Å². The average molecular weight is 440 g/mol. The minimum atomic E-state index is -3.67. The summed E-state index contributed by atoms with van der Waals surface area (Å²) in [4.78, 5) is 14.4. The topological polar surface area (TPSA) is 91.7 Å². The van der Waals surface area contributed by atoms with E-state index in [9.17, 15) is 13.2 Å². The fourth-order valence-electron chi connectivity index (χ4n) is 2.93. The first-order chi connectivity index (χ1) is 14.8. The first-order valence-electron chi connectivity index (χ1n) is 9.68. The number of benzene rings is 2. The van der Waals surface area contributed by atoms with Crippen molar-refractivity contribution in [2.75, 3.05) is 25.4 Å². The molecule has 0 saturated heterocycles. The second kappa shape index (κ2) is 10.1. The molecule has 2 N–H and O–H groups in total. The number of nitrogens with zero attached hydrogens (tertiary/aromatic N) is 1. The lowest BCUT2D eigenvalue weighted by Gasteiger charge is -2.22. The molecule has 0 spiro atoms. The van der Waals surface area contributed by atoms with Crippen LogP contribution >= 0.6 is 0 Å². The lowest BCUT2D eigenvalue weighted by Crippen LogP contribution is -2.34. The quantitative estimate of drug-likeness (QED) is 0.530. The van der Waals surface area contributed by atoms with Crippen molar-refractivity contribution in [3.8, 4) is 0 Å². The van der Waals surface area contributed by atoms with Crippen molar-refractivity contribution in [1.29, 1.82) is 0 Å². The van der Waals surface area contributed by atoms with Crippen LogP contribution in [0.25, 0.3) is 6.08 Å². The van der Waals surface area contributed by atoms with Crippen molar-refractivity contribution in [2.24, 2.45) is 0 Å². The first-order valence-corrected chi connectivity index (χ1v) is 11.2. The lowest BCUT2D eigenvalue weighted by molar-refractivity contribution is 0.0939. The molecular formula is C23H25N3O4S. The van der Waals surface area contributed by atoms with Gasteiger partial charge >= 0.3 is 0 Å². The highest BCUT2D eigenvalue weighted by atomic mass is 32.2. The van der Waals surface area contributed by atoms with E-state index in [1.807, 2.05) is 61.5 Å². The van der Waals surface area contributed by atoms with Gasteiger partial charge in [-0.3, -0.25) is 14.4 Å². The molecule has 31 heavy (non-hydrogen) atoms. The highest BCUT2D eigenvalue weighted by Gasteiger charge is 2.18. The van der Waals surface area contributed by atoms with Gasteiger partial charge in [-0.25, -0.2) is 8.42 Å². The van der Waals surface area contributed by atoms with Gasteiger partial charge in [-0.2, -0.15) is 0 Å². The molecule has 3 rings (SSSR count). The maximum absolute atomic E-state index is 12.5. The monoisotopic (exact) mass is 439 g/mol. The zero-order valence-corrected chi connectivity index (χ0v) is 18.2. The number of likely N-dealkylation sites (N-methyl/N-ethyl adjacent to an activating group) is 1. The third-order valence-electron chi connectivity index (χ3n) is 4.60. The Kier molecular flexibility index (Phi) is 7.28. The van der Waals surface area contributed by atoms with Crippen LogP contribution < -0.4 is 10.0 Å². The maximum Gasteiger partial charge on any atom is 0.255 e. The van der Waals surface area contributed by atoms with E-state index < -0.39 is 10.0 Å². The van der Waals surface area contributed by atoms with Crippen molar-refractivity contribution in [1.82, 2.24) is 10.2 Å². The molecule has 1 unspecified atom stereocenters. The highest BCUT2D eigenvalue weighted by Crippen LogP contribution is 2.18. The number of carbonyl (C=O) groups excluding carboxylic acids is 1. The van der Waals surface area contributed by atoms with Crippen molar-refractivity contribution < 1.29 is 17.6 Å². The molecule has 0 aliphatic carbocycles. The average Bonchev–Trinajstić information content (AvgIpc) is 3.27. The number of hydrogen-bond donors (Lipinski definition) is 2. The van der Waals surface area contributed by atoms with Gasteiger partial charge in [0.1, 0.15) is 5.76 Å². The van der Waals surface area contributed by atoms with E-state index in [4.69, 9.17) is 4.42 Å². The largest absolute Gasteiger partial charge is 0.468 e. The second-order valence-electron chi connectivity index (χ2n) is 7.14. The number of anilines is 1. The molecule has 162 valence electrons. The summed E-state index contributed by atoms with van der Waals surface area (Å²) in [5.41, 5.74) is 1.58. The maximum atomic E-state index is 12.5. The third-order valence-corrected chi connectivity index (χ3v) is 5.61. The van der Waals surface area contributed by atoms with Crippen molar-refractivity contribution in [3.63, 3.8) is 0 Å². The minimum absolute atomic E-state index is 0.0959. The van der Waals surface area contributed by atoms with Gasteiger partial charge in [0.15, 0.2) is 0 Å². The number of nitrogens with one attached hydrogen (secondary N) is 2. The Morgan fingerprint density at radius 3 is 2.35 bits per heavy atom. The molecule has 0 saturated carbocycles. The van der Waals surface area contributed by atoms with Gasteiger partial charge in [-0.1, -0.05) is 30.3 Å². The van der Waals surface area contributed by atoms with Gasteiger partial charge in [-0.15, -0.1) is 0 Å². The van der Waals surface area contributed by atoms with E-state index in [0.29, 0.717) is 17.8 Å². The Labute approximate surface area is 182 Å². The van der Waals surface area contributed by atoms with Crippen LogP contribution in [0.3, 0.4) is 0 Å². The van der Waals surface area contributed by atoms with Crippen molar-refractivity contribution >= 4 is 27.7 Å².